The van der Waals surface area contributed by atoms with E-state index in [2.05, 4.69) is 11.8 Å². The van der Waals surface area contributed by atoms with Crippen molar-refractivity contribution in [2.24, 2.45) is 0 Å². The molecule has 0 spiro atoms. The summed E-state index contributed by atoms with van der Waals surface area (Å²) >= 11 is 0. The summed E-state index contributed by atoms with van der Waals surface area (Å²) in [6.45, 7) is 5.57. The summed E-state index contributed by atoms with van der Waals surface area (Å²) < 4.78 is 2.04. The van der Waals surface area contributed by atoms with E-state index in [0.717, 1.165) is 18.5 Å². The number of aldehydes is 1. The van der Waals surface area contributed by atoms with Crippen molar-refractivity contribution in [3.63, 3.8) is 0 Å². The van der Waals surface area contributed by atoms with Crippen molar-refractivity contribution in [1.82, 2.24) is 9.47 Å². The lowest BCUT2D eigenvalue weighted by atomic mass is 10.3. The second-order valence-corrected chi connectivity index (χ2v) is 4.30. The Morgan fingerprint density at radius 2 is 2.20 bits per heavy atom. The highest BCUT2D eigenvalue weighted by Gasteiger charge is 2.18. The van der Waals surface area contributed by atoms with Gasteiger partial charge < -0.3 is 4.57 Å². The fraction of sp³-hybridized carbons (Fsp3) is 0.583. The van der Waals surface area contributed by atoms with Crippen molar-refractivity contribution in [2.45, 2.75) is 32.4 Å². The number of aromatic nitrogens is 1. The minimum absolute atomic E-state index is 0.526. The molecule has 82 valence electrons. The lowest BCUT2D eigenvalue weighted by molar-refractivity contribution is 0.111. The summed E-state index contributed by atoms with van der Waals surface area (Å²) in [5.74, 6) is 0. The molecule has 3 heteroatoms. The van der Waals surface area contributed by atoms with Crippen molar-refractivity contribution in [3.05, 3.63) is 24.0 Å². The van der Waals surface area contributed by atoms with Gasteiger partial charge in [-0.15, -0.1) is 0 Å². The van der Waals surface area contributed by atoms with E-state index in [1.54, 1.807) is 0 Å². The zero-order valence-electron chi connectivity index (χ0n) is 9.22. The normalized spacial score (nSPS) is 19.3. The topological polar surface area (TPSA) is 25.2 Å². The summed E-state index contributed by atoms with van der Waals surface area (Å²) in [5, 5.41) is 0. The van der Waals surface area contributed by atoms with Crippen molar-refractivity contribution >= 4 is 6.29 Å². The van der Waals surface area contributed by atoms with Crippen LogP contribution in [0.2, 0.25) is 0 Å². The first-order valence-electron chi connectivity index (χ1n) is 5.65. The van der Waals surface area contributed by atoms with Gasteiger partial charge in [0.25, 0.3) is 0 Å². The zero-order chi connectivity index (χ0) is 10.7. The summed E-state index contributed by atoms with van der Waals surface area (Å²) in [4.78, 5) is 13.3. The van der Waals surface area contributed by atoms with E-state index in [1.165, 1.54) is 25.9 Å². The maximum Gasteiger partial charge on any atom is 0.166 e. The molecule has 1 aliphatic rings. The molecule has 1 aromatic rings. The van der Waals surface area contributed by atoms with Crippen LogP contribution < -0.4 is 0 Å². The number of carbonyl (C=O) groups excluding carboxylic acids is 1. The largest absolute Gasteiger partial charge is 0.344 e. The Morgan fingerprint density at radius 3 is 2.87 bits per heavy atom. The molecule has 1 atom stereocenters. The first-order valence-corrected chi connectivity index (χ1v) is 5.65. The Bertz CT molecular complexity index is 326. The minimum atomic E-state index is 0.526. The van der Waals surface area contributed by atoms with Crippen LogP contribution in [0.25, 0.3) is 0 Å². The summed E-state index contributed by atoms with van der Waals surface area (Å²) in [7, 11) is 0. The predicted molar refractivity (Wildman–Crippen MR) is 60.1 cm³/mol. The molecule has 0 aliphatic carbocycles. The van der Waals surface area contributed by atoms with Gasteiger partial charge >= 0.3 is 0 Å². The Kier molecular flexibility index (Phi) is 3.21. The number of carbonyl (C=O) groups is 1. The SMILES string of the molecule is CC(Cn1cccc1C=O)N1CCCC1. The number of hydrogen-bond donors (Lipinski definition) is 0. The second-order valence-electron chi connectivity index (χ2n) is 4.30. The molecule has 0 saturated carbocycles. The average Bonchev–Trinajstić information content (AvgIpc) is 2.87. The molecule has 1 saturated heterocycles. The molecule has 3 nitrogen and oxygen atoms in total. The third-order valence-corrected chi connectivity index (χ3v) is 3.21. The summed E-state index contributed by atoms with van der Waals surface area (Å²) in [6.07, 6.45) is 5.54. The molecule has 2 rings (SSSR count). The van der Waals surface area contributed by atoms with Crippen LogP contribution in [0.4, 0.5) is 0 Å². The van der Waals surface area contributed by atoms with Crippen LogP contribution in [0.3, 0.4) is 0 Å². The van der Waals surface area contributed by atoms with E-state index >= 15 is 0 Å². The molecule has 0 radical (unpaired) electrons. The lowest BCUT2D eigenvalue weighted by Crippen LogP contribution is -2.33. The van der Waals surface area contributed by atoms with E-state index in [4.69, 9.17) is 0 Å². The predicted octanol–water partition coefficient (Wildman–Crippen LogP) is 1.78. The monoisotopic (exact) mass is 206 g/mol. The van der Waals surface area contributed by atoms with Gasteiger partial charge in [0.1, 0.15) is 0 Å². The second kappa shape index (κ2) is 4.62. The first-order chi connectivity index (χ1) is 7.31. The number of nitrogens with zero attached hydrogens (tertiary/aromatic N) is 2. The number of hydrogen-bond acceptors (Lipinski definition) is 2. The molecule has 2 heterocycles. The molecule has 15 heavy (non-hydrogen) atoms. The van der Waals surface area contributed by atoms with Gasteiger partial charge in [-0.25, -0.2) is 0 Å². The van der Waals surface area contributed by atoms with Crippen molar-refractivity contribution in [3.8, 4) is 0 Å². The smallest absolute Gasteiger partial charge is 0.166 e. The van der Waals surface area contributed by atoms with Gasteiger partial charge in [0.2, 0.25) is 0 Å². The Morgan fingerprint density at radius 1 is 1.47 bits per heavy atom. The molecule has 1 fully saturated rings. The lowest BCUT2D eigenvalue weighted by Gasteiger charge is -2.24. The van der Waals surface area contributed by atoms with Crippen LogP contribution in [-0.2, 0) is 6.54 Å². The van der Waals surface area contributed by atoms with Gasteiger partial charge in [-0.2, -0.15) is 0 Å². The van der Waals surface area contributed by atoms with Crippen molar-refractivity contribution < 1.29 is 4.79 Å². The molecule has 0 N–H and O–H groups in total. The third-order valence-electron chi connectivity index (χ3n) is 3.21. The van der Waals surface area contributed by atoms with Crippen LogP contribution in [0, 0.1) is 0 Å². The molecule has 1 aliphatic heterocycles. The van der Waals surface area contributed by atoms with Gasteiger partial charge in [-0.3, -0.25) is 9.69 Å². The molecule has 1 aromatic heterocycles. The van der Waals surface area contributed by atoms with E-state index in [9.17, 15) is 4.79 Å². The Balaban J connectivity index is 1.98. The highest BCUT2D eigenvalue weighted by atomic mass is 16.1. The summed E-state index contributed by atoms with van der Waals surface area (Å²) in [5.41, 5.74) is 0.779. The Labute approximate surface area is 90.7 Å². The Hall–Kier alpha value is -1.09. The number of rotatable bonds is 4. The van der Waals surface area contributed by atoms with E-state index in [-0.39, 0.29) is 0 Å². The molecule has 0 aromatic carbocycles. The highest BCUT2D eigenvalue weighted by molar-refractivity contribution is 5.72. The van der Waals surface area contributed by atoms with E-state index in [1.807, 2.05) is 22.9 Å². The number of likely N-dealkylation sites (tertiary alicyclic amines) is 1. The molecule has 0 amide bonds. The fourth-order valence-corrected chi connectivity index (χ4v) is 2.28. The van der Waals surface area contributed by atoms with E-state index in [0.29, 0.717) is 6.04 Å². The van der Waals surface area contributed by atoms with Crippen LogP contribution in [0.5, 0.6) is 0 Å². The van der Waals surface area contributed by atoms with Crippen LogP contribution in [-0.4, -0.2) is 34.9 Å². The van der Waals surface area contributed by atoms with Crippen molar-refractivity contribution in [2.75, 3.05) is 13.1 Å². The van der Waals surface area contributed by atoms with Gasteiger partial charge in [0, 0.05) is 18.8 Å². The third kappa shape index (κ3) is 2.29. The van der Waals surface area contributed by atoms with Crippen LogP contribution >= 0.6 is 0 Å². The van der Waals surface area contributed by atoms with Gasteiger partial charge in [-0.05, 0) is 45.0 Å². The fourth-order valence-electron chi connectivity index (χ4n) is 2.28. The first kappa shape index (κ1) is 10.4. The van der Waals surface area contributed by atoms with Gasteiger partial charge in [0.05, 0.1) is 5.69 Å². The molecule has 0 bridgehead atoms. The van der Waals surface area contributed by atoms with Crippen LogP contribution in [0.15, 0.2) is 18.3 Å². The van der Waals surface area contributed by atoms with Crippen molar-refractivity contribution in [1.29, 1.82) is 0 Å². The van der Waals surface area contributed by atoms with Crippen LogP contribution in [0.1, 0.15) is 30.3 Å². The molecular weight excluding hydrogens is 188 g/mol. The molecule has 1 unspecified atom stereocenters. The van der Waals surface area contributed by atoms with Gasteiger partial charge in [0.15, 0.2) is 6.29 Å². The minimum Gasteiger partial charge on any atom is -0.344 e. The standard InChI is InChI=1S/C12H18N2O/c1-11(13-6-2-3-7-13)9-14-8-4-5-12(14)10-15/h4-5,8,10-11H,2-3,6-7,9H2,1H3. The maximum atomic E-state index is 10.8. The summed E-state index contributed by atoms with van der Waals surface area (Å²) in [6, 6.07) is 4.32. The average molecular weight is 206 g/mol. The van der Waals surface area contributed by atoms with E-state index < -0.39 is 0 Å². The highest BCUT2D eigenvalue weighted by Crippen LogP contribution is 2.13. The van der Waals surface area contributed by atoms with Gasteiger partial charge in [-0.1, -0.05) is 0 Å². The quantitative estimate of drug-likeness (QED) is 0.702. The zero-order valence-corrected chi connectivity index (χ0v) is 9.22. The maximum absolute atomic E-state index is 10.8. The molecular formula is C12H18N2O.